The SMILES string of the molecule is C[C@@H](Sc1nc2ccccc2c(=O)n1CCCO)C(=O)Nc1ccc(Cl)cn1. The number of benzene rings is 1. The maximum absolute atomic E-state index is 12.8. The molecule has 146 valence electrons. The summed E-state index contributed by atoms with van der Waals surface area (Å²) < 4.78 is 1.51. The van der Waals surface area contributed by atoms with Gasteiger partial charge in [-0.1, -0.05) is 35.5 Å². The molecule has 0 aliphatic carbocycles. The van der Waals surface area contributed by atoms with E-state index >= 15 is 0 Å². The average molecular weight is 419 g/mol. The van der Waals surface area contributed by atoms with Crippen LogP contribution in [0.4, 0.5) is 5.82 Å². The van der Waals surface area contributed by atoms with Crippen molar-refractivity contribution in [3.05, 3.63) is 58.0 Å². The Balaban J connectivity index is 1.86. The number of aliphatic hydroxyl groups excluding tert-OH is 1. The number of halogens is 1. The zero-order chi connectivity index (χ0) is 20.1. The smallest absolute Gasteiger partial charge is 0.262 e. The summed E-state index contributed by atoms with van der Waals surface area (Å²) in [6.45, 7) is 2.01. The van der Waals surface area contributed by atoms with Crippen molar-refractivity contribution in [2.24, 2.45) is 0 Å². The van der Waals surface area contributed by atoms with Gasteiger partial charge in [0.1, 0.15) is 5.82 Å². The number of fused-ring (bicyclic) bond motifs is 1. The van der Waals surface area contributed by atoms with E-state index < -0.39 is 5.25 Å². The molecule has 2 N–H and O–H groups in total. The number of carbonyl (C=O) groups excluding carboxylic acids is 1. The summed E-state index contributed by atoms with van der Waals surface area (Å²) in [5.74, 6) is 0.127. The first kappa shape index (κ1) is 20.3. The third-order valence-corrected chi connectivity index (χ3v) is 5.31. The lowest BCUT2D eigenvalue weighted by molar-refractivity contribution is -0.115. The van der Waals surface area contributed by atoms with E-state index in [1.165, 1.54) is 22.5 Å². The predicted octanol–water partition coefficient (Wildman–Crippen LogP) is 2.95. The number of hydrogen-bond acceptors (Lipinski definition) is 6. The highest BCUT2D eigenvalue weighted by molar-refractivity contribution is 8.00. The van der Waals surface area contributed by atoms with Crippen LogP contribution in [-0.4, -0.2) is 37.4 Å². The highest BCUT2D eigenvalue weighted by Gasteiger charge is 2.19. The molecule has 0 fully saturated rings. The summed E-state index contributed by atoms with van der Waals surface area (Å²) in [6.07, 6.45) is 1.87. The standard InChI is InChI=1S/C19H19ClN4O3S/c1-12(17(26)23-16-8-7-13(20)11-21-16)28-19-22-15-6-3-2-5-14(15)18(27)24(19)9-4-10-25/h2-3,5-8,11-12,25H,4,9-10H2,1H3,(H,21,23,26)/t12-/m1/s1. The largest absolute Gasteiger partial charge is 0.396 e. The molecule has 0 saturated heterocycles. The Labute approximate surface area is 170 Å². The summed E-state index contributed by atoms with van der Waals surface area (Å²) in [4.78, 5) is 34.0. The predicted molar refractivity (Wildman–Crippen MR) is 111 cm³/mol. The molecule has 0 aliphatic heterocycles. The number of rotatable bonds is 7. The molecule has 2 heterocycles. The summed E-state index contributed by atoms with van der Waals surface area (Å²) >= 11 is 6.99. The number of thioether (sulfide) groups is 1. The van der Waals surface area contributed by atoms with Crippen LogP contribution in [0.2, 0.25) is 5.02 Å². The molecule has 1 amide bonds. The molecule has 0 radical (unpaired) electrons. The first-order chi connectivity index (χ1) is 13.5. The van der Waals surface area contributed by atoms with Gasteiger partial charge in [0.15, 0.2) is 5.16 Å². The molecule has 0 spiro atoms. The summed E-state index contributed by atoms with van der Waals surface area (Å²) in [7, 11) is 0. The minimum absolute atomic E-state index is 0.0400. The van der Waals surface area contributed by atoms with Gasteiger partial charge in [0.2, 0.25) is 5.91 Å². The molecule has 28 heavy (non-hydrogen) atoms. The second kappa shape index (κ2) is 9.18. The van der Waals surface area contributed by atoms with E-state index in [-0.39, 0.29) is 18.1 Å². The third-order valence-electron chi connectivity index (χ3n) is 4.00. The van der Waals surface area contributed by atoms with Crippen LogP contribution in [0.25, 0.3) is 10.9 Å². The molecular formula is C19H19ClN4O3S. The molecule has 0 aliphatic rings. The molecular weight excluding hydrogens is 400 g/mol. The number of aromatic nitrogens is 3. The lowest BCUT2D eigenvalue weighted by atomic mass is 10.2. The number of para-hydroxylation sites is 1. The Bertz CT molecular complexity index is 1040. The van der Waals surface area contributed by atoms with Crippen LogP contribution < -0.4 is 10.9 Å². The fourth-order valence-corrected chi connectivity index (χ4v) is 3.60. The molecule has 0 unspecified atom stereocenters. The zero-order valence-electron chi connectivity index (χ0n) is 15.1. The lowest BCUT2D eigenvalue weighted by Gasteiger charge is -2.16. The van der Waals surface area contributed by atoms with E-state index in [0.29, 0.717) is 39.9 Å². The van der Waals surface area contributed by atoms with Crippen LogP contribution in [0.15, 0.2) is 52.5 Å². The van der Waals surface area contributed by atoms with Crippen molar-refractivity contribution < 1.29 is 9.90 Å². The second-order valence-corrected chi connectivity index (χ2v) is 7.80. The van der Waals surface area contributed by atoms with Crippen molar-refractivity contribution in [1.82, 2.24) is 14.5 Å². The number of hydrogen-bond donors (Lipinski definition) is 2. The summed E-state index contributed by atoms with van der Waals surface area (Å²) in [5.41, 5.74) is 0.385. The normalized spacial score (nSPS) is 12.1. The Kier molecular flexibility index (Phi) is 6.66. The highest BCUT2D eigenvalue weighted by Crippen LogP contribution is 2.24. The highest BCUT2D eigenvalue weighted by atomic mass is 35.5. The van der Waals surface area contributed by atoms with Gasteiger partial charge < -0.3 is 10.4 Å². The van der Waals surface area contributed by atoms with Crippen LogP contribution in [0.1, 0.15) is 13.3 Å². The van der Waals surface area contributed by atoms with Crippen LogP contribution in [0.3, 0.4) is 0 Å². The fourth-order valence-electron chi connectivity index (χ4n) is 2.55. The Morgan fingerprint density at radius 2 is 2.11 bits per heavy atom. The third kappa shape index (κ3) is 4.70. The molecule has 7 nitrogen and oxygen atoms in total. The van der Waals surface area contributed by atoms with Gasteiger partial charge in [-0.05, 0) is 37.6 Å². The van der Waals surface area contributed by atoms with Gasteiger partial charge in [-0.25, -0.2) is 9.97 Å². The maximum atomic E-state index is 12.8. The van der Waals surface area contributed by atoms with Crippen LogP contribution in [-0.2, 0) is 11.3 Å². The zero-order valence-corrected chi connectivity index (χ0v) is 16.7. The van der Waals surface area contributed by atoms with E-state index in [9.17, 15) is 9.59 Å². The van der Waals surface area contributed by atoms with E-state index in [2.05, 4.69) is 15.3 Å². The molecule has 0 bridgehead atoms. The van der Waals surface area contributed by atoms with Gasteiger partial charge in [-0.2, -0.15) is 0 Å². The van der Waals surface area contributed by atoms with Crippen LogP contribution in [0, 0.1) is 0 Å². The van der Waals surface area contributed by atoms with Crippen molar-refractivity contribution in [3.63, 3.8) is 0 Å². The summed E-state index contributed by atoms with van der Waals surface area (Å²) in [5, 5.41) is 12.8. The number of nitrogens with one attached hydrogen (secondary N) is 1. The van der Waals surface area contributed by atoms with Crippen molar-refractivity contribution >= 4 is 46.0 Å². The Morgan fingerprint density at radius 3 is 2.82 bits per heavy atom. The van der Waals surface area contributed by atoms with Crippen molar-refractivity contribution in [2.75, 3.05) is 11.9 Å². The maximum Gasteiger partial charge on any atom is 0.262 e. The van der Waals surface area contributed by atoms with Crippen molar-refractivity contribution in [3.8, 4) is 0 Å². The number of carbonyl (C=O) groups is 1. The van der Waals surface area contributed by atoms with E-state index in [1.807, 2.05) is 6.07 Å². The van der Waals surface area contributed by atoms with Crippen LogP contribution in [0.5, 0.6) is 0 Å². The minimum atomic E-state index is -0.522. The number of aliphatic hydroxyl groups is 1. The van der Waals surface area contributed by atoms with Gasteiger partial charge in [0.05, 0.1) is 21.2 Å². The first-order valence-electron chi connectivity index (χ1n) is 8.69. The molecule has 0 saturated carbocycles. The lowest BCUT2D eigenvalue weighted by Crippen LogP contribution is -2.27. The van der Waals surface area contributed by atoms with Gasteiger partial charge in [0.25, 0.3) is 5.56 Å². The molecule has 2 aromatic heterocycles. The van der Waals surface area contributed by atoms with Gasteiger partial charge in [-0.15, -0.1) is 0 Å². The van der Waals surface area contributed by atoms with Crippen molar-refractivity contribution in [2.45, 2.75) is 30.3 Å². The van der Waals surface area contributed by atoms with Gasteiger partial charge in [0, 0.05) is 19.3 Å². The Hall–Kier alpha value is -2.42. The average Bonchev–Trinajstić information content (AvgIpc) is 2.69. The summed E-state index contributed by atoms with van der Waals surface area (Å²) in [6, 6.07) is 10.3. The molecule has 9 heteroatoms. The number of nitrogens with zero attached hydrogens (tertiary/aromatic N) is 3. The first-order valence-corrected chi connectivity index (χ1v) is 9.95. The van der Waals surface area contributed by atoms with E-state index in [1.54, 1.807) is 37.3 Å². The molecule has 1 atom stereocenters. The number of pyridine rings is 1. The second-order valence-electron chi connectivity index (χ2n) is 6.06. The van der Waals surface area contributed by atoms with E-state index in [4.69, 9.17) is 16.7 Å². The van der Waals surface area contributed by atoms with Crippen molar-refractivity contribution in [1.29, 1.82) is 0 Å². The minimum Gasteiger partial charge on any atom is -0.396 e. The van der Waals surface area contributed by atoms with Gasteiger partial charge >= 0.3 is 0 Å². The monoisotopic (exact) mass is 418 g/mol. The fraction of sp³-hybridized carbons (Fsp3) is 0.263. The number of amides is 1. The van der Waals surface area contributed by atoms with Crippen LogP contribution >= 0.6 is 23.4 Å². The van der Waals surface area contributed by atoms with E-state index in [0.717, 1.165) is 0 Å². The quantitative estimate of drug-likeness (QED) is 0.452. The number of anilines is 1. The molecule has 3 aromatic rings. The van der Waals surface area contributed by atoms with Gasteiger partial charge in [-0.3, -0.25) is 14.2 Å². The topological polar surface area (TPSA) is 97.1 Å². The molecule has 1 aromatic carbocycles. The molecule has 3 rings (SSSR count). The Morgan fingerprint density at radius 1 is 1.32 bits per heavy atom.